The first-order valence-corrected chi connectivity index (χ1v) is 3.60. The molecule has 0 heterocycles. The maximum atomic E-state index is 12.7. The van der Waals surface area contributed by atoms with E-state index in [0.29, 0.717) is 0 Å². The van der Waals surface area contributed by atoms with E-state index in [4.69, 9.17) is 0 Å². The fraction of sp³-hybridized carbons (Fsp3) is 0.571. The summed E-state index contributed by atoms with van der Waals surface area (Å²) in [5.74, 6) is -19.4. The number of hydrogen-bond acceptors (Lipinski definition) is 1. The monoisotopic (exact) mass is 253 g/mol. The zero-order chi connectivity index (χ0) is 13.4. The second-order valence-electron chi connectivity index (χ2n) is 2.83. The first-order valence-electron chi connectivity index (χ1n) is 3.60. The van der Waals surface area contributed by atoms with Gasteiger partial charge in [0.1, 0.15) is 0 Å². The van der Waals surface area contributed by atoms with E-state index in [1.54, 1.807) is 0 Å². The molecule has 9 heteroatoms. The van der Waals surface area contributed by atoms with Crippen molar-refractivity contribution in [1.82, 2.24) is 0 Å². The van der Waals surface area contributed by atoms with Crippen LogP contribution in [0.3, 0.4) is 0 Å². The Morgan fingerprint density at radius 1 is 1.12 bits per heavy atom. The molecular formula is C7H6F7NO. The van der Waals surface area contributed by atoms with Gasteiger partial charge in [-0.25, -0.2) is 4.39 Å². The summed E-state index contributed by atoms with van der Waals surface area (Å²) in [6.07, 6.45) is 0. The molecule has 0 rings (SSSR count). The van der Waals surface area contributed by atoms with Crippen LogP contribution in [0.5, 0.6) is 0 Å². The molecule has 0 saturated heterocycles. The van der Waals surface area contributed by atoms with Gasteiger partial charge in [-0.15, -0.1) is 0 Å². The van der Waals surface area contributed by atoms with Gasteiger partial charge in [-0.2, -0.15) is 26.3 Å². The average molecular weight is 253 g/mol. The summed E-state index contributed by atoms with van der Waals surface area (Å²) in [7, 11) is 0. The van der Waals surface area contributed by atoms with Crippen LogP contribution in [0.15, 0.2) is 12.2 Å². The Labute approximate surface area is 84.9 Å². The standard InChI is InChI=1S/C7H6F7NO/c1-3(4(15)16)6(11,12)7(13,14)5(9,10)2-8/h1-2H2,(H2,15,16). The van der Waals surface area contributed by atoms with Crippen LogP contribution in [0.25, 0.3) is 0 Å². The minimum Gasteiger partial charge on any atom is -0.366 e. The van der Waals surface area contributed by atoms with Crippen LogP contribution in [0, 0.1) is 0 Å². The Balaban J connectivity index is 5.46. The lowest BCUT2D eigenvalue weighted by molar-refractivity contribution is -0.298. The fourth-order valence-corrected chi connectivity index (χ4v) is 0.658. The first kappa shape index (κ1) is 14.7. The molecule has 16 heavy (non-hydrogen) atoms. The Morgan fingerprint density at radius 2 is 1.50 bits per heavy atom. The highest BCUT2D eigenvalue weighted by Crippen LogP contribution is 2.48. The molecule has 0 aliphatic carbocycles. The van der Waals surface area contributed by atoms with Crippen molar-refractivity contribution in [3.63, 3.8) is 0 Å². The predicted molar refractivity (Wildman–Crippen MR) is 39.2 cm³/mol. The molecule has 94 valence electrons. The summed E-state index contributed by atoms with van der Waals surface area (Å²) in [5, 5.41) is 0. The van der Waals surface area contributed by atoms with Gasteiger partial charge in [-0.05, 0) is 0 Å². The van der Waals surface area contributed by atoms with Crippen LogP contribution >= 0.6 is 0 Å². The summed E-state index contributed by atoms with van der Waals surface area (Å²) in [4.78, 5) is 10.2. The van der Waals surface area contributed by atoms with Crippen molar-refractivity contribution in [3.8, 4) is 0 Å². The molecular weight excluding hydrogens is 247 g/mol. The fourth-order valence-electron chi connectivity index (χ4n) is 0.658. The van der Waals surface area contributed by atoms with Crippen molar-refractivity contribution in [1.29, 1.82) is 0 Å². The van der Waals surface area contributed by atoms with Crippen LogP contribution in [-0.2, 0) is 4.79 Å². The van der Waals surface area contributed by atoms with Crippen molar-refractivity contribution in [2.45, 2.75) is 17.8 Å². The number of hydrogen-bond donors (Lipinski definition) is 1. The van der Waals surface area contributed by atoms with E-state index >= 15 is 0 Å². The molecule has 0 unspecified atom stereocenters. The largest absolute Gasteiger partial charge is 0.379 e. The van der Waals surface area contributed by atoms with E-state index in [1.165, 1.54) is 0 Å². The van der Waals surface area contributed by atoms with Gasteiger partial charge in [-0.1, -0.05) is 6.58 Å². The Morgan fingerprint density at radius 3 is 1.75 bits per heavy atom. The third kappa shape index (κ3) is 1.98. The van der Waals surface area contributed by atoms with Crippen molar-refractivity contribution in [2.75, 3.05) is 6.67 Å². The van der Waals surface area contributed by atoms with Gasteiger partial charge in [0.05, 0.1) is 5.57 Å². The summed E-state index contributed by atoms with van der Waals surface area (Å²) in [6.45, 7) is -0.833. The zero-order valence-electron chi connectivity index (χ0n) is 7.55. The minimum atomic E-state index is -6.10. The molecule has 0 radical (unpaired) electrons. The van der Waals surface area contributed by atoms with Crippen molar-refractivity contribution >= 4 is 5.91 Å². The molecule has 2 N–H and O–H groups in total. The van der Waals surface area contributed by atoms with Gasteiger partial charge >= 0.3 is 17.8 Å². The van der Waals surface area contributed by atoms with Crippen LogP contribution in [0.1, 0.15) is 0 Å². The number of rotatable bonds is 5. The third-order valence-corrected chi connectivity index (χ3v) is 1.70. The van der Waals surface area contributed by atoms with Gasteiger partial charge < -0.3 is 5.73 Å². The van der Waals surface area contributed by atoms with Crippen LogP contribution in [0.2, 0.25) is 0 Å². The van der Waals surface area contributed by atoms with E-state index in [2.05, 4.69) is 12.3 Å². The predicted octanol–water partition coefficient (Wildman–Crippen LogP) is 1.90. The summed E-state index contributed by atoms with van der Waals surface area (Å²) in [5.41, 5.74) is 2.00. The van der Waals surface area contributed by atoms with Crippen molar-refractivity contribution < 1.29 is 35.5 Å². The van der Waals surface area contributed by atoms with Gasteiger partial charge in [0, 0.05) is 0 Å². The average Bonchev–Trinajstić information content (AvgIpc) is 2.15. The lowest BCUT2D eigenvalue weighted by Crippen LogP contribution is -2.57. The Bertz CT molecular complexity index is 312. The number of carbonyl (C=O) groups excluding carboxylic acids is 1. The van der Waals surface area contributed by atoms with Crippen molar-refractivity contribution in [2.24, 2.45) is 5.73 Å². The van der Waals surface area contributed by atoms with Crippen molar-refractivity contribution in [3.05, 3.63) is 12.2 Å². The summed E-state index contributed by atoms with van der Waals surface area (Å²) >= 11 is 0. The number of amides is 1. The molecule has 0 aromatic rings. The molecule has 0 bridgehead atoms. The second-order valence-corrected chi connectivity index (χ2v) is 2.83. The number of halogens is 7. The highest BCUT2D eigenvalue weighted by atomic mass is 19.3. The lowest BCUT2D eigenvalue weighted by atomic mass is 9.98. The first-order chi connectivity index (χ1) is 6.91. The van der Waals surface area contributed by atoms with Crippen LogP contribution in [0.4, 0.5) is 30.7 Å². The Kier molecular flexibility index (Phi) is 3.63. The smallest absolute Gasteiger partial charge is 0.366 e. The molecule has 1 amide bonds. The zero-order valence-corrected chi connectivity index (χ0v) is 7.55. The minimum absolute atomic E-state index is 2.08. The van der Waals surface area contributed by atoms with E-state index in [9.17, 15) is 35.5 Å². The molecule has 0 aromatic heterocycles. The number of nitrogens with two attached hydrogens (primary N) is 1. The molecule has 0 aliphatic heterocycles. The molecule has 0 atom stereocenters. The normalized spacial score (nSPS) is 13.7. The van der Waals surface area contributed by atoms with Crippen LogP contribution in [-0.4, -0.2) is 30.3 Å². The maximum Gasteiger partial charge on any atom is 0.379 e. The highest BCUT2D eigenvalue weighted by molar-refractivity contribution is 5.93. The second kappa shape index (κ2) is 3.95. The molecule has 0 aromatic carbocycles. The maximum absolute atomic E-state index is 12.7. The van der Waals surface area contributed by atoms with E-state index in [-0.39, 0.29) is 0 Å². The van der Waals surface area contributed by atoms with E-state index in [0.717, 1.165) is 0 Å². The highest BCUT2D eigenvalue weighted by Gasteiger charge is 2.73. The lowest BCUT2D eigenvalue weighted by Gasteiger charge is -2.31. The number of carbonyl (C=O) groups is 1. The van der Waals surface area contributed by atoms with Gasteiger partial charge in [-0.3, -0.25) is 4.79 Å². The molecule has 2 nitrogen and oxygen atoms in total. The molecule has 0 fully saturated rings. The van der Waals surface area contributed by atoms with E-state index < -0.39 is 35.9 Å². The third-order valence-electron chi connectivity index (χ3n) is 1.70. The number of alkyl halides is 7. The molecule has 0 saturated carbocycles. The SMILES string of the molecule is C=C(C(N)=O)C(F)(F)C(F)(F)C(F)(F)CF. The topological polar surface area (TPSA) is 43.1 Å². The summed E-state index contributed by atoms with van der Waals surface area (Å²) < 4.78 is 86.7. The Hall–Kier alpha value is -1.28. The summed E-state index contributed by atoms with van der Waals surface area (Å²) in [6, 6.07) is 0. The molecule has 0 aliphatic rings. The van der Waals surface area contributed by atoms with Gasteiger partial charge in [0.2, 0.25) is 5.91 Å². The van der Waals surface area contributed by atoms with E-state index in [1.807, 2.05) is 0 Å². The van der Waals surface area contributed by atoms with Crippen LogP contribution < -0.4 is 5.73 Å². The number of primary amides is 1. The van der Waals surface area contributed by atoms with Gasteiger partial charge in [0.25, 0.3) is 0 Å². The quantitative estimate of drug-likeness (QED) is 0.590. The molecule has 0 spiro atoms. The van der Waals surface area contributed by atoms with Gasteiger partial charge in [0.15, 0.2) is 6.67 Å².